The number of nitrogens with zero attached hydrogens (tertiary/aromatic N) is 1. The lowest BCUT2D eigenvalue weighted by atomic mass is 10.3. The third kappa shape index (κ3) is 1.81. The van der Waals surface area contributed by atoms with Crippen molar-refractivity contribution >= 4 is 34.9 Å². The SMILES string of the molecule is CN=C1CSc2ccc(Cl)cc2N1. The van der Waals surface area contributed by atoms with E-state index in [-0.39, 0.29) is 0 Å². The van der Waals surface area contributed by atoms with E-state index >= 15 is 0 Å². The zero-order valence-corrected chi connectivity index (χ0v) is 8.75. The summed E-state index contributed by atoms with van der Waals surface area (Å²) in [5.41, 5.74) is 1.06. The van der Waals surface area contributed by atoms with Gasteiger partial charge in [-0.2, -0.15) is 0 Å². The number of halogens is 1. The third-order valence-corrected chi connectivity index (χ3v) is 3.17. The van der Waals surface area contributed by atoms with Crippen molar-refractivity contribution < 1.29 is 0 Å². The molecular weight excluding hydrogens is 204 g/mol. The molecule has 2 rings (SSSR count). The van der Waals surface area contributed by atoms with Crippen molar-refractivity contribution in [1.29, 1.82) is 0 Å². The van der Waals surface area contributed by atoms with Crippen LogP contribution in [0, 0.1) is 0 Å². The summed E-state index contributed by atoms with van der Waals surface area (Å²) < 4.78 is 0. The van der Waals surface area contributed by atoms with Gasteiger partial charge in [0.15, 0.2) is 0 Å². The molecule has 0 bridgehead atoms. The first-order valence-corrected chi connectivity index (χ1v) is 5.31. The highest BCUT2D eigenvalue weighted by atomic mass is 35.5. The fraction of sp³-hybridized carbons (Fsp3) is 0.222. The maximum absolute atomic E-state index is 5.88. The number of hydrogen-bond donors (Lipinski definition) is 1. The molecule has 1 aliphatic heterocycles. The number of nitrogens with one attached hydrogen (secondary N) is 1. The molecule has 1 N–H and O–H groups in total. The van der Waals surface area contributed by atoms with Gasteiger partial charge in [-0.15, -0.1) is 11.8 Å². The summed E-state index contributed by atoms with van der Waals surface area (Å²) in [6.07, 6.45) is 0. The molecular formula is C9H9ClN2S. The zero-order chi connectivity index (χ0) is 9.26. The van der Waals surface area contributed by atoms with E-state index in [4.69, 9.17) is 11.6 Å². The van der Waals surface area contributed by atoms with Crippen LogP contribution in [0.1, 0.15) is 0 Å². The Morgan fingerprint density at radius 2 is 2.38 bits per heavy atom. The van der Waals surface area contributed by atoms with Crippen LogP contribution in [-0.2, 0) is 0 Å². The van der Waals surface area contributed by atoms with Gasteiger partial charge in [0.1, 0.15) is 5.84 Å². The van der Waals surface area contributed by atoms with Gasteiger partial charge >= 0.3 is 0 Å². The van der Waals surface area contributed by atoms with Crippen LogP contribution in [0.15, 0.2) is 28.1 Å². The van der Waals surface area contributed by atoms with Crippen LogP contribution in [0.3, 0.4) is 0 Å². The monoisotopic (exact) mass is 212 g/mol. The average molecular weight is 213 g/mol. The van der Waals surface area contributed by atoms with Crippen molar-refractivity contribution in [2.24, 2.45) is 4.99 Å². The van der Waals surface area contributed by atoms with Crippen molar-refractivity contribution in [3.8, 4) is 0 Å². The molecule has 1 heterocycles. The molecule has 4 heteroatoms. The lowest BCUT2D eigenvalue weighted by molar-refractivity contribution is 1.35. The first kappa shape index (κ1) is 8.91. The van der Waals surface area contributed by atoms with Crippen molar-refractivity contribution in [3.63, 3.8) is 0 Å². The summed E-state index contributed by atoms with van der Waals surface area (Å²) in [4.78, 5) is 5.35. The van der Waals surface area contributed by atoms with E-state index < -0.39 is 0 Å². The minimum absolute atomic E-state index is 0.754. The van der Waals surface area contributed by atoms with Crippen LogP contribution in [0.4, 0.5) is 5.69 Å². The number of anilines is 1. The first-order chi connectivity index (χ1) is 6.29. The summed E-state index contributed by atoms with van der Waals surface area (Å²) in [5, 5.41) is 3.99. The Morgan fingerprint density at radius 1 is 1.54 bits per heavy atom. The topological polar surface area (TPSA) is 24.4 Å². The Balaban J connectivity index is 2.38. The molecule has 13 heavy (non-hydrogen) atoms. The van der Waals surface area contributed by atoms with Crippen LogP contribution >= 0.6 is 23.4 Å². The van der Waals surface area contributed by atoms with Gasteiger partial charge in [0.25, 0.3) is 0 Å². The maximum atomic E-state index is 5.88. The molecule has 1 aromatic carbocycles. The van der Waals surface area contributed by atoms with Crippen LogP contribution in [0.2, 0.25) is 5.02 Å². The van der Waals surface area contributed by atoms with Gasteiger partial charge in [0, 0.05) is 17.0 Å². The van der Waals surface area contributed by atoms with E-state index in [1.54, 1.807) is 18.8 Å². The Hall–Kier alpha value is -0.670. The summed E-state index contributed by atoms with van der Waals surface area (Å²) >= 11 is 7.66. The van der Waals surface area contributed by atoms with E-state index in [1.807, 2.05) is 18.2 Å². The van der Waals surface area contributed by atoms with E-state index in [1.165, 1.54) is 4.90 Å². The van der Waals surface area contributed by atoms with Crippen LogP contribution in [0.5, 0.6) is 0 Å². The van der Waals surface area contributed by atoms with Crippen LogP contribution < -0.4 is 5.32 Å². The lowest BCUT2D eigenvalue weighted by Crippen LogP contribution is -2.19. The van der Waals surface area contributed by atoms with Gasteiger partial charge in [-0.25, -0.2) is 0 Å². The Kier molecular flexibility index (Phi) is 2.47. The molecule has 0 saturated carbocycles. The third-order valence-electron chi connectivity index (χ3n) is 1.85. The molecule has 0 fully saturated rings. The molecule has 1 aromatic rings. The fourth-order valence-electron chi connectivity index (χ4n) is 1.18. The molecule has 2 nitrogen and oxygen atoms in total. The summed E-state index contributed by atoms with van der Waals surface area (Å²) in [6.45, 7) is 0. The van der Waals surface area contributed by atoms with Gasteiger partial charge < -0.3 is 5.32 Å². The minimum Gasteiger partial charge on any atom is -0.342 e. The second kappa shape index (κ2) is 3.60. The standard InChI is InChI=1S/C9H9ClN2S/c1-11-9-5-13-8-3-2-6(10)4-7(8)12-9/h2-4H,5H2,1H3,(H,11,12). The summed E-state index contributed by atoms with van der Waals surface area (Å²) in [5.74, 6) is 1.91. The Labute approximate surface area is 86.4 Å². The largest absolute Gasteiger partial charge is 0.342 e. The maximum Gasteiger partial charge on any atom is 0.111 e. The van der Waals surface area contributed by atoms with Gasteiger partial charge in [-0.1, -0.05) is 11.6 Å². The van der Waals surface area contributed by atoms with Crippen LogP contribution in [-0.4, -0.2) is 18.6 Å². The molecule has 0 radical (unpaired) electrons. The van der Waals surface area contributed by atoms with E-state index in [2.05, 4.69) is 10.3 Å². The van der Waals surface area contributed by atoms with Crippen LogP contribution in [0.25, 0.3) is 0 Å². The van der Waals surface area contributed by atoms with Crippen molar-refractivity contribution in [1.82, 2.24) is 0 Å². The fourth-order valence-corrected chi connectivity index (χ4v) is 2.28. The molecule has 0 saturated heterocycles. The quantitative estimate of drug-likeness (QED) is 0.715. The summed E-state index contributed by atoms with van der Waals surface area (Å²) in [6, 6.07) is 5.86. The van der Waals surface area contributed by atoms with E-state index in [0.29, 0.717) is 0 Å². The molecule has 0 amide bonds. The normalized spacial score (nSPS) is 18.2. The predicted molar refractivity (Wildman–Crippen MR) is 59.2 cm³/mol. The Morgan fingerprint density at radius 3 is 3.15 bits per heavy atom. The Bertz CT molecular complexity index is 363. The number of fused-ring (bicyclic) bond motifs is 1. The van der Waals surface area contributed by atoms with E-state index in [0.717, 1.165) is 22.3 Å². The van der Waals surface area contributed by atoms with E-state index in [9.17, 15) is 0 Å². The number of rotatable bonds is 0. The van der Waals surface area contributed by atoms with Crippen molar-refractivity contribution in [2.45, 2.75) is 4.90 Å². The predicted octanol–water partition coefficient (Wildman–Crippen LogP) is 2.89. The molecule has 0 atom stereocenters. The lowest BCUT2D eigenvalue weighted by Gasteiger charge is -2.18. The number of thioether (sulfide) groups is 1. The molecule has 0 spiro atoms. The van der Waals surface area contributed by atoms with Gasteiger partial charge in [-0.05, 0) is 18.2 Å². The molecule has 1 aliphatic rings. The first-order valence-electron chi connectivity index (χ1n) is 3.94. The smallest absolute Gasteiger partial charge is 0.111 e. The highest BCUT2D eigenvalue weighted by molar-refractivity contribution is 8.00. The zero-order valence-electron chi connectivity index (χ0n) is 7.17. The highest BCUT2D eigenvalue weighted by Crippen LogP contribution is 2.33. The second-order valence-electron chi connectivity index (χ2n) is 2.72. The average Bonchev–Trinajstić information content (AvgIpc) is 2.16. The molecule has 0 unspecified atom stereocenters. The second-order valence-corrected chi connectivity index (χ2v) is 4.18. The number of benzene rings is 1. The highest BCUT2D eigenvalue weighted by Gasteiger charge is 2.12. The molecule has 0 aromatic heterocycles. The van der Waals surface area contributed by atoms with Gasteiger partial charge in [0.05, 0.1) is 11.4 Å². The molecule has 68 valence electrons. The summed E-state index contributed by atoms with van der Waals surface area (Å²) in [7, 11) is 1.79. The van der Waals surface area contributed by atoms with Crippen molar-refractivity contribution in [3.05, 3.63) is 23.2 Å². The number of hydrogen-bond acceptors (Lipinski definition) is 2. The van der Waals surface area contributed by atoms with Gasteiger partial charge in [-0.3, -0.25) is 4.99 Å². The number of aliphatic imine (C=N–C) groups is 1. The number of amidine groups is 1. The van der Waals surface area contributed by atoms with Crippen molar-refractivity contribution in [2.75, 3.05) is 18.1 Å². The molecule has 0 aliphatic carbocycles. The minimum atomic E-state index is 0.754. The van der Waals surface area contributed by atoms with Gasteiger partial charge in [0.2, 0.25) is 0 Å².